The van der Waals surface area contributed by atoms with Crippen LogP contribution in [0.2, 0.25) is 0 Å². The van der Waals surface area contributed by atoms with Gasteiger partial charge in [-0.15, -0.1) is 0 Å². The minimum Gasteiger partial charge on any atom is -0.314 e. The largest absolute Gasteiger partial charge is 0.314 e. The molecule has 1 aromatic rings. The second-order valence-corrected chi connectivity index (χ2v) is 6.32. The smallest absolute Gasteiger partial charge is 0.123 e. The summed E-state index contributed by atoms with van der Waals surface area (Å²) in [6.07, 6.45) is 9.38. The fourth-order valence-electron chi connectivity index (χ4n) is 3.36. The molecule has 0 bridgehead atoms. The van der Waals surface area contributed by atoms with Gasteiger partial charge in [0.15, 0.2) is 0 Å². The number of hydrogen-bond donors (Lipinski definition) is 1. The van der Waals surface area contributed by atoms with Crippen molar-refractivity contribution in [2.45, 2.75) is 51.0 Å². The summed E-state index contributed by atoms with van der Waals surface area (Å²) in [5.74, 6) is 1.47. The SMILES string of the molecule is Fc1ccc(CC(CNC2CC2)C2CCCC2)cc1. The Kier molecular flexibility index (Phi) is 4.17. The summed E-state index contributed by atoms with van der Waals surface area (Å²) >= 11 is 0. The van der Waals surface area contributed by atoms with Crippen molar-refractivity contribution < 1.29 is 4.39 Å². The van der Waals surface area contributed by atoms with E-state index in [0.29, 0.717) is 0 Å². The first-order valence-electron chi connectivity index (χ1n) is 7.79. The molecule has 19 heavy (non-hydrogen) atoms. The van der Waals surface area contributed by atoms with Crippen LogP contribution >= 0.6 is 0 Å². The summed E-state index contributed by atoms with van der Waals surface area (Å²) in [6, 6.07) is 7.88. The second kappa shape index (κ2) is 6.04. The van der Waals surface area contributed by atoms with Gasteiger partial charge in [-0.1, -0.05) is 37.8 Å². The molecule has 2 fully saturated rings. The molecule has 2 saturated carbocycles. The van der Waals surface area contributed by atoms with Crippen molar-refractivity contribution in [1.82, 2.24) is 5.32 Å². The highest BCUT2D eigenvalue weighted by atomic mass is 19.1. The van der Waals surface area contributed by atoms with E-state index in [0.717, 1.165) is 30.8 Å². The van der Waals surface area contributed by atoms with Crippen molar-refractivity contribution in [3.63, 3.8) is 0 Å². The predicted octanol–water partition coefficient (Wildman–Crippen LogP) is 3.93. The van der Waals surface area contributed by atoms with E-state index in [1.165, 1.54) is 44.1 Å². The third-order valence-corrected chi connectivity index (χ3v) is 4.72. The summed E-state index contributed by atoms with van der Waals surface area (Å²) in [7, 11) is 0. The van der Waals surface area contributed by atoms with Gasteiger partial charge in [0.05, 0.1) is 0 Å². The van der Waals surface area contributed by atoms with E-state index in [9.17, 15) is 4.39 Å². The van der Waals surface area contributed by atoms with Crippen LogP contribution < -0.4 is 5.32 Å². The molecule has 3 rings (SSSR count). The summed E-state index contributed by atoms with van der Waals surface area (Å²) in [5.41, 5.74) is 1.29. The van der Waals surface area contributed by atoms with Crippen LogP contribution in [-0.2, 0) is 6.42 Å². The Balaban J connectivity index is 1.61. The van der Waals surface area contributed by atoms with Gasteiger partial charge >= 0.3 is 0 Å². The van der Waals surface area contributed by atoms with Crippen LogP contribution in [0.5, 0.6) is 0 Å². The van der Waals surface area contributed by atoms with Crippen molar-refractivity contribution in [2.75, 3.05) is 6.54 Å². The molecule has 2 aliphatic rings. The lowest BCUT2D eigenvalue weighted by atomic mass is 9.85. The van der Waals surface area contributed by atoms with E-state index in [2.05, 4.69) is 5.32 Å². The van der Waals surface area contributed by atoms with Crippen molar-refractivity contribution in [3.8, 4) is 0 Å². The van der Waals surface area contributed by atoms with Gasteiger partial charge in [-0.25, -0.2) is 4.39 Å². The van der Waals surface area contributed by atoms with Gasteiger partial charge in [0.1, 0.15) is 5.82 Å². The van der Waals surface area contributed by atoms with Crippen molar-refractivity contribution in [3.05, 3.63) is 35.6 Å². The molecule has 0 heterocycles. The van der Waals surface area contributed by atoms with E-state index < -0.39 is 0 Å². The fraction of sp³-hybridized carbons (Fsp3) is 0.647. The lowest BCUT2D eigenvalue weighted by Crippen LogP contribution is -2.30. The van der Waals surface area contributed by atoms with E-state index in [1.807, 2.05) is 12.1 Å². The van der Waals surface area contributed by atoms with Crippen LogP contribution in [0.25, 0.3) is 0 Å². The highest BCUT2D eigenvalue weighted by Crippen LogP contribution is 2.33. The zero-order chi connectivity index (χ0) is 13.1. The monoisotopic (exact) mass is 261 g/mol. The van der Waals surface area contributed by atoms with Crippen molar-refractivity contribution in [2.24, 2.45) is 11.8 Å². The minimum atomic E-state index is -0.128. The topological polar surface area (TPSA) is 12.0 Å². The Labute approximate surface area is 115 Å². The average Bonchev–Trinajstić information content (AvgIpc) is 3.09. The molecule has 1 N–H and O–H groups in total. The summed E-state index contributed by atoms with van der Waals surface area (Å²) in [4.78, 5) is 0. The van der Waals surface area contributed by atoms with Crippen LogP contribution in [0.1, 0.15) is 44.1 Å². The Hall–Kier alpha value is -0.890. The molecule has 0 aromatic heterocycles. The number of halogens is 1. The van der Waals surface area contributed by atoms with Gasteiger partial charge < -0.3 is 5.32 Å². The Morgan fingerprint density at radius 1 is 1.05 bits per heavy atom. The van der Waals surface area contributed by atoms with Crippen LogP contribution in [0.4, 0.5) is 4.39 Å². The summed E-state index contributed by atoms with van der Waals surface area (Å²) in [5, 5.41) is 3.69. The predicted molar refractivity (Wildman–Crippen MR) is 76.6 cm³/mol. The van der Waals surface area contributed by atoms with Gasteiger partial charge in [-0.2, -0.15) is 0 Å². The first kappa shape index (κ1) is 13.1. The molecule has 0 spiro atoms. The standard InChI is InChI=1S/C17H24FN/c18-16-7-5-13(6-8-16)11-15(12-19-17-9-10-17)14-3-1-2-4-14/h5-8,14-15,17,19H,1-4,9-12H2. The third kappa shape index (κ3) is 3.79. The molecular weight excluding hydrogens is 237 g/mol. The molecule has 0 aliphatic heterocycles. The van der Waals surface area contributed by atoms with Crippen LogP contribution in [0.15, 0.2) is 24.3 Å². The van der Waals surface area contributed by atoms with E-state index in [-0.39, 0.29) is 5.82 Å². The number of nitrogens with one attached hydrogen (secondary N) is 1. The lowest BCUT2D eigenvalue weighted by Gasteiger charge is -2.24. The zero-order valence-corrected chi connectivity index (χ0v) is 11.6. The molecule has 2 heteroatoms. The van der Waals surface area contributed by atoms with Crippen LogP contribution in [0, 0.1) is 17.7 Å². The number of rotatable bonds is 6. The molecule has 104 valence electrons. The second-order valence-electron chi connectivity index (χ2n) is 6.32. The number of benzene rings is 1. The molecule has 1 atom stereocenters. The summed E-state index contributed by atoms with van der Waals surface area (Å²) < 4.78 is 13.0. The molecular formula is C17H24FN. The maximum atomic E-state index is 13.0. The molecule has 1 aromatic carbocycles. The van der Waals surface area contributed by atoms with Crippen LogP contribution in [0.3, 0.4) is 0 Å². The number of hydrogen-bond acceptors (Lipinski definition) is 1. The third-order valence-electron chi connectivity index (χ3n) is 4.72. The molecule has 0 amide bonds. The van der Waals surface area contributed by atoms with Gasteiger partial charge in [0.2, 0.25) is 0 Å². The average molecular weight is 261 g/mol. The van der Waals surface area contributed by atoms with Gasteiger partial charge in [-0.05, 0) is 55.3 Å². The van der Waals surface area contributed by atoms with Crippen molar-refractivity contribution >= 4 is 0 Å². The van der Waals surface area contributed by atoms with Gasteiger partial charge in [-0.3, -0.25) is 0 Å². The van der Waals surface area contributed by atoms with Crippen LogP contribution in [-0.4, -0.2) is 12.6 Å². The zero-order valence-electron chi connectivity index (χ0n) is 11.6. The van der Waals surface area contributed by atoms with E-state index in [4.69, 9.17) is 0 Å². The Bertz CT molecular complexity index is 390. The molecule has 0 saturated heterocycles. The Morgan fingerprint density at radius 2 is 1.74 bits per heavy atom. The van der Waals surface area contributed by atoms with Gasteiger partial charge in [0, 0.05) is 6.04 Å². The fourth-order valence-corrected chi connectivity index (χ4v) is 3.36. The highest BCUT2D eigenvalue weighted by molar-refractivity contribution is 5.17. The first-order chi connectivity index (χ1) is 9.31. The maximum Gasteiger partial charge on any atom is 0.123 e. The quantitative estimate of drug-likeness (QED) is 0.818. The Morgan fingerprint density at radius 3 is 2.37 bits per heavy atom. The molecule has 0 radical (unpaired) electrons. The maximum absolute atomic E-state index is 13.0. The lowest BCUT2D eigenvalue weighted by molar-refractivity contribution is 0.320. The highest BCUT2D eigenvalue weighted by Gasteiger charge is 2.28. The van der Waals surface area contributed by atoms with E-state index >= 15 is 0 Å². The normalized spacial score (nSPS) is 21.7. The minimum absolute atomic E-state index is 0.128. The van der Waals surface area contributed by atoms with E-state index in [1.54, 1.807) is 12.1 Å². The van der Waals surface area contributed by atoms with Crippen molar-refractivity contribution in [1.29, 1.82) is 0 Å². The molecule has 2 aliphatic carbocycles. The summed E-state index contributed by atoms with van der Waals surface area (Å²) in [6.45, 7) is 1.15. The molecule has 1 unspecified atom stereocenters. The first-order valence-corrected chi connectivity index (χ1v) is 7.79. The van der Waals surface area contributed by atoms with Gasteiger partial charge in [0.25, 0.3) is 0 Å². The molecule has 1 nitrogen and oxygen atoms in total.